The number of hydrogen-bond acceptors (Lipinski definition) is 2. The van der Waals surface area contributed by atoms with Crippen LogP contribution in [-0.4, -0.2) is 11.5 Å². The minimum absolute atomic E-state index is 0.864. The summed E-state index contributed by atoms with van der Waals surface area (Å²) >= 11 is 3.45. The van der Waals surface area contributed by atoms with Crippen molar-refractivity contribution in [3.8, 4) is 0 Å². The van der Waals surface area contributed by atoms with Gasteiger partial charge in [0.05, 0.1) is 0 Å². The second-order valence-corrected chi connectivity index (χ2v) is 5.16. The van der Waals surface area contributed by atoms with Crippen molar-refractivity contribution in [2.75, 3.05) is 11.4 Å². The van der Waals surface area contributed by atoms with Crippen molar-refractivity contribution in [2.45, 2.75) is 18.3 Å². The molecule has 0 amide bonds. The van der Waals surface area contributed by atoms with Crippen molar-refractivity contribution in [1.82, 2.24) is 4.98 Å². The van der Waals surface area contributed by atoms with Gasteiger partial charge in [-0.05, 0) is 29.2 Å². The lowest BCUT2D eigenvalue weighted by atomic mass is 10.00. The monoisotopic (exact) mass is 302 g/mol. The Balaban J connectivity index is 1.82. The predicted molar refractivity (Wildman–Crippen MR) is 78.1 cm³/mol. The normalized spacial score (nSPS) is 14.4. The number of rotatable bonds is 2. The van der Waals surface area contributed by atoms with Crippen molar-refractivity contribution < 1.29 is 0 Å². The van der Waals surface area contributed by atoms with E-state index in [9.17, 15) is 0 Å². The number of halogens is 1. The Bertz CT molecular complexity index is 536. The zero-order valence-electron chi connectivity index (χ0n) is 10.1. The van der Waals surface area contributed by atoms with Crippen LogP contribution in [0.4, 0.5) is 5.82 Å². The highest BCUT2D eigenvalue weighted by atomic mass is 79.9. The van der Waals surface area contributed by atoms with Gasteiger partial charge in [0.2, 0.25) is 0 Å². The molecule has 0 radical (unpaired) electrons. The van der Waals surface area contributed by atoms with Gasteiger partial charge in [0.25, 0.3) is 0 Å². The lowest BCUT2D eigenvalue weighted by Gasteiger charge is -2.29. The number of aromatic nitrogens is 1. The Morgan fingerprint density at radius 2 is 1.94 bits per heavy atom. The first kappa shape index (κ1) is 11.7. The zero-order chi connectivity index (χ0) is 12.4. The summed E-state index contributed by atoms with van der Waals surface area (Å²) in [4.78, 5) is 6.89. The summed E-state index contributed by atoms with van der Waals surface area (Å²) in [5, 5.41) is 0.864. The molecule has 0 atom stereocenters. The van der Waals surface area contributed by atoms with Crippen LogP contribution in [0.2, 0.25) is 0 Å². The fourth-order valence-corrected chi connectivity index (χ4v) is 2.71. The number of nitrogens with zero attached hydrogens (tertiary/aromatic N) is 2. The number of alkyl halides is 1. The largest absolute Gasteiger partial charge is 0.352 e. The quantitative estimate of drug-likeness (QED) is 0.789. The lowest BCUT2D eigenvalue weighted by Crippen LogP contribution is -2.30. The predicted octanol–water partition coefficient (Wildman–Crippen LogP) is 3.54. The van der Waals surface area contributed by atoms with Gasteiger partial charge in [-0.25, -0.2) is 4.98 Å². The molecule has 1 aliphatic rings. The number of benzene rings is 1. The van der Waals surface area contributed by atoms with Crippen molar-refractivity contribution >= 4 is 21.7 Å². The number of anilines is 1. The molecular formula is C15H15BrN2. The highest BCUT2D eigenvalue weighted by molar-refractivity contribution is 9.08. The summed E-state index contributed by atoms with van der Waals surface area (Å²) in [6.07, 6.45) is 3.06. The summed E-state index contributed by atoms with van der Waals surface area (Å²) in [5.41, 5.74) is 4.12. The first-order valence-corrected chi connectivity index (χ1v) is 7.31. The third-order valence-corrected chi connectivity index (χ3v) is 4.07. The molecule has 2 nitrogen and oxygen atoms in total. The maximum absolute atomic E-state index is 4.54. The molecule has 92 valence electrons. The van der Waals surface area contributed by atoms with E-state index in [0.29, 0.717) is 0 Å². The van der Waals surface area contributed by atoms with Crippen molar-refractivity contribution in [3.63, 3.8) is 0 Å². The Hall–Kier alpha value is -1.35. The maximum atomic E-state index is 4.54. The molecule has 1 aliphatic heterocycles. The first-order valence-electron chi connectivity index (χ1n) is 6.19. The number of fused-ring (bicyclic) bond motifs is 1. The molecule has 2 aromatic rings. The number of hydrogen-bond donors (Lipinski definition) is 0. The number of pyridine rings is 1. The minimum Gasteiger partial charge on any atom is -0.352 e. The Morgan fingerprint density at radius 3 is 2.67 bits per heavy atom. The van der Waals surface area contributed by atoms with Crippen molar-refractivity contribution in [3.05, 3.63) is 59.3 Å². The highest BCUT2D eigenvalue weighted by Crippen LogP contribution is 2.23. The molecule has 18 heavy (non-hydrogen) atoms. The molecule has 0 spiro atoms. The average Bonchev–Trinajstić information content (AvgIpc) is 2.47. The molecule has 0 saturated carbocycles. The van der Waals surface area contributed by atoms with E-state index in [-0.39, 0.29) is 0 Å². The van der Waals surface area contributed by atoms with Gasteiger partial charge in [0, 0.05) is 24.6 Å². The SMILES string of the molecule is BrCc1ccc(N2CCc3ccccc3C2)nc1. The standard InChI is InChI=1S/C15H15BrN2/c16-9-12-5-6-15(17-10-12)18-8-7-13-3-1-2-4-14(13)11-18/h1-6,10H,7-9,11H2. The summed E-state index contributed by atoms with van der Waals surface area (Å²) in [6, 6.07) is 12.9. The molecule has 0 bridgehead atoms. The third kappa shape index (κ3) is 2.27. The van der Waals surface area contributed by atoms with E-state index in [1.807, 2.05) is 6.20 Å². The van der Waals surface area contributed by atoms with Gasteiger partial charge in [-0.3, -0.25) is 0 Å². The molecule has 3 rings (SSSR count). The van der Waals surface area contributed by atoms with Crippen LogP contribution < -0.4 is 4.90 Å². The Kier molecular flexibility index (Phi) is 3.33. The van der Waals surface area contributed by atoms with Gasteiger partial charge in [0.15, 0.2) is 0 Å². The van der Waals surface area contributed by atoms with Crippen LogP contribution in [0.1, 0.15) is 16.7 Å². The van der Waals surface area contributed by atoms with E-state index in [1.54, 1.807) is 0 Å². The van der Waals surface area contributed by atoms with Crippen LogP contribution in [0.25, 0.3) is 0 Å². The van der Waals surface area contributed by atoms with Crippen LogP contribution in [0.15, 0.2) is 42.6 Å². The van der Waals surface area contributed by atoms with Gasteiger partial charge in [-0.2, -0.15) is 0 Å². The van der Waals surface area contributed by atoms with E-state index in [1.165, 1.54) is 16.7 Å². The van der Waals surface area contributed by atoms with Gasteiger partial charge in [-0.1, -0.05) is 46.3 Å². The second-order valence-electron chi connectivity index (χ2n) is 4.60. The molecular weight excluding hydrogens is 288 g/mol. The van der Waals surface area contributed by atoms with Gasteiger partial charge in [-0.15, -0.1) is 0 Å². The fraction of sp³-hybridized carbons (Fsp3) is 0.267. The molecule has 0 saturated heterocycles. The topological polar surface area (TPSA) is 16.1 Å². The van der Waals surface area contributed by atoms with Gasteiger partial charge in [0.1, 0.15) is 5.82 Å². The van der Waals surface area contributed by atoms with E-state index in [2.05, 4.69) is 62.2 Å². The maximum Gasteiger partial charge on any atom is 0.128 e. The van der Waals surface area contributed by atoms with Crippen molar-refractivity contribution in [2.24, 2.45) is 0 Å². The Labute approximate surface area is 116 Å². The van der Waals surface area contributed by atoms with E-state index in [4.69, 9.17) is 0 Å². The van der Waals surface area contributed by atoms with Crippen LogP contribution >= 0.6 is 15.9 Å². The second kappa shape index (κ2) is 5.11. The van der Waals surface area contributed by atoms with E-state index in [0.717, 1.165) is 30.7 Å². The van der Waals surface area contributed by atoms with Crippen LogP contribution in [0, 0.1) is 0 Å². The molecule has 2 heterocycles. The van der Waals surface area contributed by atoms with E-state index < -0.39 is 0 Å². The van der Waals surface area contributed by atoms with Gasteiger partial charge < -0.3 is 4.90 Å². The van der Waals surface area contributed by atoms with Crippen LogP contribution in [0.3, 0.4) is 0 Å². The molecule has 0 fully saturated rings. The summed E-state index contributed by atoms with van der Waals surface area (Å²) in [7, 11) is 0. The lowest BCUT2D eigenvalue weighted by molar-refractivity contribution is 0.720. The summed E-state index contributed by atoms with van der Waals surface area (Å²) in [6.45, 7) is 2.02. The Morgan fingerprint density at radius 1 is 1.11 bits per heavy atom. The third-order valence-electron chi connectivity index (χ3n) is 3.42. The zero-order valence-corrected chi connectivity index (χ0v) is 11.7. The molecule has 1 aromatic heterocycles. The highest BCUT2D eigenvalue weighted by Gasteiger charge is 2.16. The summed E-state index contributed by atoms with van der Waals surface area (Å²) in [5.74, 6) is 1.08. The van der Waals surface area contributed by atoms with E-state index >= 15 is 0 Å². The molecule has 1 aromatic carbocycles. The van der Waals surface area contributed by atoms with Crippen LogP contribution in [-0.2, 0) is 18.3 Å². The molecule has 0 unspecified atom stereocenters. The van der Waals surface area contributed by atoms with Crippen LogP contribution in [0.5, 0.6) is 0 Å². The van der Waals surface area contributed by atoms with Crippen molar-refractivity contribution in [1.29, 1.82) is 0 Å². The minimum atomic E-state index is 0.864. The first-order chi connectivity index (χ1) is 8.86. The van der Waals surface area contributed by atoms with Gasteiger partial charge >= 0.3 is 0 Å². The smallest absolute Gasteiger partial charge is 0.128 e. The average molecular weight is 303 g/mol. The molecule has 0 aliphatic carbocycles. The fourth-order valence-electron chi connectivity index (χ4n) is 2.37. The summed E-state index contributed by atoms with van der Waals surface area (Å²) < 4.78 is 0. The molecule has 3 heteroatoms. The molecule has 0 N–H and O–H groups in total.